The van der Waals surface area contributed by atoms with Crippen LogP contribution in [-0.4, -0.2) is 128 Å². The molecule has 0 amide bonds. The molecule has 2 fully saturated rings. The molecule has 2 aliphatic rings. The first-order valence-corrected chi connectivity index (χ1v) is 19.4. The van der Waals surface area contributed by atoms with Gasteiger partial charge in [-0.3, -0.25) is 37.0 Å². The number of aliphatic hydroxyl groups is 2. The smallest absolute Gasteiger partial charge is 0.387 e. The van der Waals surface area contributed by atoms with Gasteiger partial charge >= 0.3 is 23.2 Å². The summed E-state index contributed by atoms with van der Waals surface area (Å²) in [5, 5.41) is 21.4. The molecule has 0 spiro atoms. The van der Waals surface area contributed by atoms with Crippen molar-refractivity contribution in [2.24, 2.45) is 0 Å². The van der Waals surface area contributed by atoms with Gasteiger partial charge in [0.05, 0.1) is 25.9 Å². The second kappa shape index (κ2) is 13.9. The first-order valence-electron chi connectivity index (χ1n) is 14.4. The monoisotopic (exact) mass is 784 g/mol. The van der Waals surface area contributed by atoms with Crippen molar-refractivity contribution in [3.63, 3.8) is 0 Å². The van der Waals surface area contributed by atoms with E-state index in [1.54, 1.807) is 0 Å². The summed E-state index contributed by atoms with van der Waals surface area (Å²) in [6.07, 6.45) is -8.56. The fourth-order valence-electron chi connectivity index (χ4n) is 5.46. The van der Waals surface area contributed by atoms with Crippen molar-refractivity contribution in [3.05, 3.63) is 29.3 Å². The molecular formula is C22H31N10O16P3. The van der Waals surface area contributed by atoms with Gasteiger partial charge < -0.3 is 50.6 Å². The van der Waals surface area contributed by atoms with Crippen LogP contribution in [0.3, 0.4) is 0 Å². The number of phosphoric acid groups is 2. The van der Waals surface area contributed by atoms with Crippen molar-refractivity contribution in [2.75, 3.05) is 38.5 Å². The number of hydrogen-bond donors (Lipinski definition) is 8. The van der Waals surface area contributed by atoms with Gasteiger partial charge in [0.2, 0.25) is 5.95 Å². The zero-order valence-electron chi connectivity index (χ0n) is 26.1. The number of nitrogen functional groups attached to an aromatic ring is 2. The Morgan fingerprint density at radius 2 is 1.49 bits per heavy atom. The second-order valence-electron chi connectivity index (χ2n) is 11.2. The van der Waals surface area contributed by atoms with Gasteiger partial charge in [-0.05, 0) is 0 Å². The van der Waals surface area contributed by atoms with Crippen LogP contribution in [0.15, 0.2) is 23.8 Å². The summed E-state index contributed by atoms with van der Waals surface area (Å²) in [5.74, 6) is -0.250. The molecule has 2 saturated heterocycles. The quantitative estimate of drug-likeness (QED) is 0.0687. The van der Waals surface area contributed by atoms with Crippen molar-refractivity contribution in [1.82, 2.24) is 39.0 Å². The number of hydrogen-bond acceptors (Lipinski definition) is 20. The maximum absolute atomic E-state index is 13.3. The number of imidazole rings is 2. The van der Waals surface area contributed by atoms with Crippen LogP contribution >= 0.6 is 23.2 Å². The molecule has 6 rings (SSSR count). The number of nitrogens with one attached hydrogen (secondary N) is 1. The molecule has 4 aromatic heterocycles. The average molecular weight is 784 g/mol. The lowest BCUT2D eigenvalue weighted by Crippen LogP contribution is -2.38. The summed E-state index contributed by atoms with van der Waals surface area (Å²) < 4.78 is 76.5. The number of aromatic amines is 1. The van der Waals surface area contributed by atoms with Crippen molar-refractivity contribution in [1.29, 1.82) is 0 Å². The van der Waals surface area contributed by atoms with E-state index in [1.807, 2.05) is 0 Å². The van der Waals surface area contributed by atoms with E-state index < -0.39 is 91.1 Å². The lowest BCUT2D eigenvalue weighted by atomic mass is 10.1. The van der Waals surface area contributed by atoms with Crippen LogP contribution in [0.2, 0.25) is 0 Å². The maximum atomic E-state index is 13.3. The highest BCUT2D eigenvalue weighted by molar-refractivity contribution is 7.63. The number of aromatic nitrogens is 8. The number of anilines is 2. The molecule has 10 N–H and O–H groups in total. The molecule has 6 heterocycles. The van der Waals surface area contributed by atoms with E-state index >= 15 is 0 Å². The van der Waals surface area contributed by atoms with Gasteiger partial charge in [-0.1, -0.05) is 0 Å². The lowest BCUT2D eigenvalue weighted by Gasteiger charge is -2.26. The number of methoxy groups -OCH3 is 1. The summed E-state index contributed by atoms with van der Waals surface area (Å²) in [4.78, 5) is 64.6. The molecular weight excluding hydrogens is 753 g/mol. The molecule has 0 aromatic carbocycles. The predicted molar refractivity (Wildman–Crippen MR) is 166 cm³/mol. The maximum Gasteiger partial charge on any atom is 0.479 e. The number of phosphoric ester groups is 2. The van der Waals surface area contributed by atoms with Gasteiger partial charge in [0.1, 0.15) is 48.5 Å². The minimum atomic E-state index is -5.22. The first kappa shape index (κ1) is 37.5. The number of aliphatic hydroxyl groups excluding tert-OH is 2. The molecule has 26 nitrogen and oxygen atoms in total. The fraction of sp³-hybridized carbons (Fsp3) is 0.545. The average Bonchev–Trinajstić information content (AvgIpc) is 3.79. The van der Waals surface area contributed by atoms with E-state index in [9.17, 15) is 43.4 Å². The molecule has 0 saturated carbocycles. The molecule has 0 bridgehead atoms. The molecule has 29 heteroatoms. The number of nitrogens with two attached hydrogens (primary N) is 2. The summed E-state index contributed by atoms with van der Waals surface area (Å²) in [6, 6.07) is 0. The van der Waals surface area contributed by atoms with Crippen LogP contribution in [0.1, 0.15) is 12.5 Å². The molecule has 280 valence electrons. The number of rotatable bonds is 13. The van der Waals surface area contributed by atoms with E-state index in [4.69, 9.17) is 39.2 Å². The molecule has 0 radical (unpaired) electrons. The van der Waals surface area contributed by atoms with Crippen LogP contribution in [0.25, 0.3) is 22.3 Å². The molecule has 0 aliphatic carbocycles. The first-order chi connectivity index (χ1) is 23.9. The largest absolute Gasteiger partial charge is 0.479 e. The molecule has 51 heavy (non-hydrogen) atoms. The normalized spacial score (nSPS) is 30.4. The Morgan fingerprint density at radius 1 is 0.863 bits per heavy atom. The highest BCUT2D eigenvalue weighted by Gasteiger charge is 2.52. The Morgan fingerprint density at radius 3 is 2.18 bits per heavy atom. The highest BCUT2D eigenvalue weighted by atomic mass is 31.3. The van der Waals surface area contributed by atoms with Crippen LogP contribution in [0, 0.1) is 0 Å². The lowest BCUT2D eigenvalue weighted by molar-refractivity contribution is -0.0581. The van der Waals surface area contributed by atoms with Crippen LogP contribution < -0.4 is 17.0 Å². The van der Waals surface area contributed by atoms with Crippen LogP contribution in [-0.2, 0) is 45.8 Å². The third-order valence-electron chi connectivity index (χ3n) is 7.59. The summed E-state index contributed by atoms with van der Waals surface area (Å²) >= 11 is 0. The second-order valence-corrected chi connectivity index (χ2v) is 16.0. The zero-order valence-corrected chi connectivity index (χ0v) is 28.8. The Kier molecular flexibility index (Phi) is 10.2. The van der Waals surface area contributed by atoms with Crippen molar-refractivity contribution in [2.45, 2.75) is 49.1 Å². The van der Waals surface area contributed by atoms with Crippen LogP contribution in [0.5, 0.6) is 0 Å². The minimum Gasteiger partial charge on any atom is -0.387 e. The van der Waals surface area contributed by atoms with Gasteiger partial charge in [0.15, 0.2) is 35.1 Å². The van der Waals surface area contributed by atoms with E-state index in [0.717, 1.165) is 17.2 Å². The summed E-state index contributed by atoms with van der Waals surface area (Å²) in [6.45, 7) is -1.15. The van der Waals surface area contributed by atoms with Gasteiger partial charge in [0.25, 0.3) is 5.56 Å². The van der Waals surface area contributed by atoms with Crippen molar-refractivity contribution in [3.8, 4) is 0 Å². The zero-order chi connectivity index (χ0) is 37.0. The van der Waals surface area contributed by atoms with E-state index in [1.165, 1.54) is 18.0 Å². The number of nitrogens with zero attached hydrogens (tertiary/aromatic N) is 7. The number of ether oxygens (including phenoxy) is 3. The Hall–Kier alpha value is -3.29. The van der Waals surface area contributed by atoms with Crippen molar-refractivity contribution >= 4 is 57.3 Å². The number of fused-ring (bicyclic) bond motifs is 2. The minimum absolute atomic E-state index is 0.0111. The van der Waals surface area contributed by atoms with Gasteiger partial charge in [-0.2, -0.15) is 4.98 Å². The third kappa shape index (κ3) is 7.76. The molecule has 11 atom stereocenters. The summed E-state index contributed by atoms with van der Waals surface area (Å²) in [5.41, 5.74) is 10.9. The Labute approximate surface area is 284 Å². The SMILES string of the molecule is CO[C@@H]1[C@H](OP(=O)(O)OC[C@H]2O[C@@H](n3cnc4c(=O)[nH]c(N)nc43)[C@H](O)[C@@H]2O)[C@@H](COP(=O)(O)OP(C)(=O)O)O[C@H]1n1cnc2c(N)ncnc21. The third-order valence-corrected chi connectivity index (χ3v) is 11.1. The molecule has 2 aliphatic heterocycles. The Bertz CT molecular complexity index is 2120. The van der Waals surface area contributed by atoms with E-state index in [2.05, 4.69) is 34.2 Å². The number of H-pyrrole nitrogens is 1. The van der Waals surface area contributed by atoms with Crippen LogP contribution in [0.4, 0.5) is 11.8 Å². The molecule has 4 aromatic rings. The van der Waals surface area contributed by atoms with Crippen molar-refractivity contribution < 1.29 is 70.7 Å². The van der Waals surface area contributed by atoms with E-state index in [0.29, 0.717) is 6.66 Å². The topological polar surface area (TPSA) is 376 Å². The summed E-state index contributed by atoms with van der Waals surface area (Å²) in [7, 11) is -13.8. The highest BCUT2D eigenvalue weighted by Crippen LogP contribution is 2.58. The standard InChI is InChI=1S/C22H31N10O16P3/c1-42-15-14(9(4-44-51(40,41)48-49(2,36)37)46-21(15)31-6-27-10-16(23)25-5-26-17(10)31)47-50(38,39)43-3-8-12(33)13(34)20(45-8)32-7-28-11-18(32)29-22(24)30-19(11)35/h5-9,12-15,20-21,33-34H,3-4H2,1-2H3,(H,36,37)(H,38,39)(H,40,41)(H2,23,25,26)(H3,24,29,30,35)/t8-,9-,12-,13-,14-,15-,20-,21-/m1/s1. The van der Waals surface area contributed by atoms with Gasteiger partial charge in [-0.25, -0.2) is 33.4 Å². The Balaban J connectivity index is 1.21. The fourth-order valence-corrected chi connectivity index (χ4v) is 8.48. The molecule has 3 unspecified atom stereocenters. The predicted octanol–water partition coefficient (Wildman–Crippen LogP) is -1.89. The van der Waals surface area contributed by atoms with Gasteiger partial charge in [-0.15, -0.1) is 0 Å². The van der Waals surface area contributed by atoms with Gasteiger partial charge in [0, 0.05) is 13.8 Å². The van der Waals surface area contributed by atoms with E-state index in [-0.39, 0.29) is 34.1 Å².